The molecule has 1 saturated heterocycles. The predicted octanol–water partition coefficient (Wildman–Crippen LogP) is 2.12. The van der Waals surface area contributed by atoms with E-state index in [1.807, 2.05) is 11.8 Å². The summed E-state index contributed by atoms with van der Waals surface area (Å²) in [6.07, 6.45) is 1.95. The lowest BCUT2D eigenvalue weighted by molar-refractivity contribution is 0.476. The first-order chi connectivity index (χ1) is 9.54. The second-order valence-corrected chi connectivity index (χ2v) is 7.59. The monoisotopic (exact) mass is 314 g/mol. The molecule has 1 aromatic carbocycles. The third-order valence-electron chi connectivity index (χ3n) is 3.28. The van der Waals surface area contributed by atoms with Gasteiger partial charge in [-0.2, -0.15) is 17.0 Å². The third kappa shape index (κ3) is 3.51. The van der Waals surface area contributed by atoms with Gasteiger partial charge in [-0.15, -0.1) is 0 Å². The number of halogens is 1. The van der Waals surface area contributed by atoms with Crippen LogP contribution in [0, 0.1) is 23.1 Å². The Balaban J connectivity index is 2.14. The molecule has 1 heterocycles. The molecule has 1 aliphatic rings. The summed E-state index contributed by atoms with van der Waals surface area (Å²) < 4.78 is 40.3. The van der Waals surface area contributed by atoms with Gasteiger partial charge in [0, 0.05) is 6.54 Å². The first-order valence-corrected chi connectivity index (χ1v) is 8.94. The highest BCUT2D eigenvalue weighted by molar-refractivity contribution is 7.99. The number of rotatable bonds is 4. The second kappa shape index (κ2) is 6.57. The molecule has 0 bridgehead atoms. The molecule has 2 rings (SSSR count). The third-order valence-corrected chi connectivity index (χ3v) is 5.79. The molecule has 0 radical (unpaired) electrons. The van der Waals surface area contributed by atoms with E-state index in [1.54, 1.807) is 6.07 Å². The number of nitrogens with one attached hydrogen (secondary N) is 1. The van der Waals surface area contributed by atoms with Gasteiger partial charge >= 0.3 is 0 Å². The van der Waals surface area contributed by atoms with Crippen molar-refractivity contribution in [2.24, 2.45) is 5.92 Å². The average Bonchev–Trinajstić information content (AvgIpc) is 2.46. The van der Waals surface area contributed by atoms with E-state index in [-0.39, 0.29) is 4.90 Å². The van der Waals surface area contributed by atoms with E-state index in [4.69, 9.17) is 5.26 Å². The van der Waals surface area contributed by atoms with Crippen LogP contribution in [0.4, 0.5) is 4.39 Å². The van der Waals surface area contributed by atoms with Crippen LogP contribution in [0.1, 0.15) is 18.4 Å². The minimum atomic E-state index is -3.84. The van der Waals surface area contributed by atoms with Gasteiger partial charge < -0.3 is 0 Å². The number of thioether (sulfide) groups is 1. The molecule has 108 valence electrons. The Morgan fingerprint density at radius 3 is 2.75 bits per heavy atom. The number of nitriles is 1. The average molecular weight is 314 g/mol. The van der Waals surface area contributed by atoms with Crippen molar-refractivity contribution in [1.29, 1.82) is 5.26 Å². The predicted molar refractivity (Wildman–Crippen MR) is 76.4 cm³/mol. The van der Waals surface area contributed by atoms with Crippen LogP contribution >= 0.6 is 11.8 Å². The molecule has 1 N–H and O–H groups in total. The number of hydrogen-bond acceptors (Lipinski definition) is 4. The molecule has 1 aliphatic heterocycles. The minimum absolute atomic E-state index is 0.287. The molecular weight excluding hydrogens is 299 g/mol. The standard InChI is InChI=1S/C13H15FN2O2S2/c14-12-2-1-3-13(11(12)8-15)20(17,18)16-9-10-4-6-19-7-5-10/h1-3,10,16H,4-7,9H2. The Labute approximate surface area is 122 Å². The molecule has 0 atom stereocenters. The van der Waals surface area contributed by atoms with E-state index in [9.17, 15) is 12.8 Å². The van der Waals surface area contributed by atoms with Gasteiger partial charge in [-0.05, 0) is 42.4 Å². The maximum absolute atomic E-state index is 13.5. The topological polar surface area (TPSA) is 70.0 Å². The minimum Gasteiger partial charge on any atom is -0.211 e. The Hall–Kier alpha value is -1.10. The molecule has 0 unspecified atom stereocenters. The normalized spacial score (nSPS) is 16.8. The van der Waals surface area contributed by atoms with E-state index in [2.05, 4.69) is 4.72 Å². The van der Waals surface area contributed by atoms with Crippen molar-refractivity contribution in [3.8, 4) is 6.07 Å². The van der Waals surface area contributed by atoms with Gasteiger partial charge in [-0.3, -0.25) is 0 Å². The number of nitrogens with zero attached hydrogens (tertiary/aromatic N) is 1. The van der Waals surface area contributed by atoms with Crippen molar-refractivity contribution in [3.05, 3.63) is 29.6 Å². The summed E-state index contributed by atoms with van der Waals surface area (Å²) in [6.45, 7) is 0.338. The zero-order valence-corrected chi connectivity index (χ0v) is 12.4. The van der Waals surface area contributed by atoms with Crippen LogP contribution in [-0.2, 0) is 10.0 Å². The number of sulfonamides is 1. The maximum atomic E-state index is 13.5. The van der Waals surface area contributed by atoms with E-state index >= 15 is 0 Å². The SMILES string of the molecule is N#Cc1c(F)cccc1S(=O)(=O)NCC1CCSCC1. The van der Waals surface area contributed by atoms with Crippen molar-refractivity contribution in [1.82, 2.24) is 4.72 Å². The first kappa shape index (κ1) is 15.3. The van der Waals surface area contributed by atoms with Crippen molar-refractivity contribution < 1.29 is 12.8 Å². The lowest BCUT2D eigenvalue weighted by Crippen LogP contribution is -2.31. The van der Waals surface area contributed by atoms with Crippen molar-refractivity contribution >= 4 is 21.8 Å². The molecule has 0 aliphatic carbocycles. The highest BCUT2D eigenvalue weighted by atomic mass is 32.2. The summed E-state index contributed by atoms with van der Waals surface area (Å²) in [5.41, 5.74) is -0.431. The molecule has 0 amide bonds. The van der Waals surface area contributed by atoms with Gasteiger partial charge in [0.15, 0.2) is 0 Å². The zero-order valence-electron chi connectivity index (χ0n) is 10.8. The van der Waals surface area contributed by atoms with Crippen LogP contribution in [0.25, 0.3) is 0 Å². The molecule has 20 heavy (non-hydrogen) atoms. The molecule has 0 spiro atoms. The number of benzene rings is 1. The molecule has 7 heteroatoms. The smallest absolute Gasteiger partial charge is 0.211 e. The Morgan fingerprint density at radius 1 is 1.40 bits per heavy atom. The summed E-state index contributed by atoms with van der Waals surface area (Å²) in [7, 11) is -3.84. The summed E-state index contributed by atoms with van der Waals surface area (Å²) >= 11 is 1.87. The zero-order chi connectivity index (χ0) is 14.6. The Morgan fingerprint density at radius 2 is 2.10 bits per heavy atom. The van der Waals surface area contributed by atoms with E-state index in [0.29, 0.717) is 12.5 Å². The lowest BCUT2D eigenvalue weighted by Gasteiger charge is -2.21. The molecule has 0 saturated carbocycles. The summed E-state index contributed by atoms with van der Waals surface area (Å²) in [5, 5.41) is 8.89. The van der Waals surface area contributed by atoms with Crippen LogP contribution in [0.5, 0.6) is 0 Å². The van der Waals surface area contributed by atoms with Crippen LogP contribution in [-0.4, -0.2) is 26.5 Å². The highest BCUT2D eigenvalue weighted by Crippen LogP contribution is 2.23. The van der Waals surface area contributed by atoms with Crippen molar-refractivity contribution in [3.63, 3.8) is 0 Å². The van der Waals surface area contributed by atoms with E-state index in [1.165, 1.54) is 12.1 Å². The molecular formula is C13H15FN2O2S2. The summed E-state index contributed by atoms with van der Waals surface area (Å²) in [5.74, 6) is 1.57. The quantitative estimate of drug-likeness (QED) is 0.924. The molecule has 4 nitrogen and oxygen atoms in total. The summed E-state index contributed by atoms with van der Waals surface area (Å²) in [6, 6.07) is 5.23. The van der Waals surface area contributed by atoms with Crippen molar-refractivity contribution in [2.45, 2.75) is 17.7 Å². The van der Waals surface area contributed by atoms with Crippen LogP contribution in [0.3, 0.4) is 0 Å². The molecule has 1 fully saturated rings. The van der Waals surface area contributed by atoms with E-state index < -0.39 is 21.4 Å². The van der Waals surface area contributed by atoms with Crippen LogP contribution in [0.2, 0.25) is 0 Å². The number of hydrogen-bond donors (Lipinski definition) is 1. The Kier molecular flexibility index (Phi) is 5.02. The van der Waals surface area contributed by atoms with E-state index in [0.717, 1.165) is 30.4 Å². The highest BCUT2D eigenvalue weighted by Gasteiger charge is 2.23. The van der Waals surface area contributed by atoms with Crippen LogP contribution < -0.4 is 4.72 Å². The first-order valence-electron chi connectivity index (χ1n) is 6.30. The van der Waals surface area contributed by atoms with Gasteiger partial charge in [-0.25, -0.2) is 17.5 Å². The lowest BCUT2D eigenvalue weighted by atomic mass is 10.0. The van der Waals surface area contributed by atoms with Crippen LogP contribution in [0.15, 0.2) is 23.1 Å². The van der Waals surface area contributed by atoms with Gasteiger partial charge in [-0.1, -0.05) is 6.07 Å². The molecule has 0 aromatic heterocycles. The summed E-state index contributed by atoms with van der Waals surface area (Å²) in [4.78, 5) is -0.287. The Bertz CT molecular complexity index is 620. The largest absolute Gasteiger partial charge is 0.242 e. The van der Waals surface area contributed by atoms with Gasteiger partial charge in [0.1, 0.15) is 22.3 Å². The van der Waals surface area contributed by atoms with Gasteiger partial charge in [0.05, 0.1) is 0 Å². The second-order valence-electron chi connectivity index (χ2n) is 4.63. The van der Waals surface area contributed by atoms with Crippen molar-refractivity contribution in [2.75, 3.05) is 18.1 Å². The fraction of sp³-hybridized carbons (Fsp3) is 0.462. The molecule has 1 aromatic rings. The fourth-order valence-electron chi connectivity index (χ4n) is 2.09. The fourth-order valence-corrected chi connectivity index (χ4v) is 4.58. The maximum Gasteiger partial charge on any atom is 0.242 e. The van der Waals surface area contributed by atoms with Gasteiger partial charge in [0.2, 0.25) is 10.0 Å². The van der Waals surface area contributed by atoms with Gasteiger partial charge in [0.25, 0.3) is 0 Å².